The molecule has 0 saturated carbocycles. The highest BCUT2D eigenvalue weighted by Gasteiger charge is 2.18. The van der Waals surface area contributed by atoms with Crippen molar-refractivity contribution in [2.45, 2.75) is 6.04 Å². The van der Waals surface area contributed by atoms with Crippen molar-refractivity contribution in [2.75, 3.05) is 45.0 Å². The van der Waals surface area contributed by atoms with E-state index in [-0.39, 0.29) is 11.7 Å². The topological polar surface area (TPSA) is 68.3 Å². The second kappa shape index (κ2) is 8.59. The van der Waals surface area contributed by atoms with E-state index in [0.29, 0.717) is 18.3 Å². The van der Waals surface area contributed by atoms with Gasteiger partial charge in [-0.05, 0) is 43.9 Å². The van der Waals surface area contributed by atoms with Crippen molar-refractivity contribution < 1.29 is 4.42 Å². The highest BCUT2D eigenvalue weighted by molar-refractivity contribution is 5.58. The molecule has 1 heterocycles. The van der Waals surface area contributed by atoms with Crippen LogP contribution in [0.3, 0.4) is 0 Å². The van der Waals surface area contributed by atoms with E-state index in [4.69, 9.17) is 4.42 Å². The number of nitriles is 1. The third-order valence-corrected chi connectivity index (χ3v) is 4.63. The number of hydrogen-bond donors (Lipinski definition) is 1. The molecule has 0 saturated heterocycles. The monoisotopic (exact) mass is 375 g/mol. The number of likely N-dealkylation sites (N-methyl/N-ethyl adjacent to an activating group) is 1. The van der Waals surface area contributed by atoms with E-state index in [2.05, 4.69) is 50.4 Å². The van der Waals surface area contributed by atoms with Gasteiger partial charge in [-0.3, -0.25) is 0 Å². The normalized spacial score (nSPS) is 11.9. The number of rotatable bonds is 7. The lowest BCUT2D eigenvalue weighted by molar-refractivity contribution is 0.310. The molecule has 0 aliphatic rings. The lowest BCUT2D eigenvalue weighted by atomic mass is 10.1. The minimum Gasteiger partial charge on any atom is -0.419 e. The Balaban J connectivity index is 1.79. The Kier molecular flexibility index (Phi) is 5.97. The molecule has 2 aromatic carbocycles. The number of nitrogens with zero attached hydrogens (tertiary/aromatic N) is 4. The van der Waals surface area contributed by atoms with E-state index in [1.165, 1.54) is 5.56 Å². The van der Waals surface area contributed by atoms with Crippen LogP contribution in [0.15, 0.2) is 59.0 Å². The zero-order chi connectivity index (χ0) is 20.1. The Morgan fingerprint density at radius 3 is 2.29 bits per heavy atom. The number of nitrogens with one attached hydrogen (secondary N) is 1. The molecule has 3 rings (SSSR count). The fourth-order valence-corrected chi connectivity index (χ4v) is 3.00. The zero-order valence-electron chi connectivity index (χ0n) is 16.7. The fourth-order valence-electron chi connectivity index (χ4n) is 3.00. The van der Waals surface area contributed by atoms with Crippen LogP contribution in [0, 0.1) is 11.3 Å². The summed E-state index contributed by atoms with van der Waals surface area (Å²) in [6.45, 7) is 0.590. The summed E-state index contributed by atoms with van der Waals surface area (Å²) >= 11 is 0. The van der Waals surface area contributed by atoms with E-state index < -0.39 is 0 Å². The molecule has 1 unspecified atom stereocenters. The minimum absolute atomic E-state index is 0.119. The summed E-state index contributed by atoms with van der Waals surface area (Å²) < 4.78 is 5.84. The first kappa shape index (κ1) is 19.5. The molecule has 0 amide bonds. The highest BCUT2D eigenvalue weighted by atomic mass is 16.4. The second-order valence-electron chi connectivity index (χ2n) is 7.02. The molecule has 0 spiro atoms. The van der Waals surface area contributed by atoms with Gasteiger partial charge in [-0.15, -0.1) is 0 Å². The Hall–Kier alpha value is -3.30. The Labute approximate surface area is 166 Å². The molecule has 0 radical (unpaired) electrons. The Morgan fingerprint density at radius 2 is 1.71 bits per heavy atom. The van der Waals surface area contributed by atoms with Gasteiger partial charge in [-0.25, -0.2) is 0 Å². The SMILES string of the molecule is CN(C)c1ccc(C(CNc2oc(-c3ccccc3)nc2C#N)N(C)C)cc1. The van der Waals surface area contributed by atoms with Gasteiger partial charge in [0, 0.05) is 31.9 Å². The first-order chi connectivity index (χ1) is 13.5. The number of aromatic nitrogens is 1. The average Bonchev–Trinajstić information content (AvgIpc) is 3.12. The van der Waals surface area contributed by atoms with Crippen LogP contribution in [-0.4, -0.2) is 44.6 Å². The second-order valence-corrected chi connectivity index (χ2v) is 7.02. The van der Waals surface area contributed by atoms with Crippen LogP contribution in [0.2, 0.25) is 0 Å². The maximum absolute atomic E-state index is 9.43. The summed E-state index contributed by atoms with van der Waals surface area (Å²) in [7, 11) is 8.12. The lowest BCUT2D eigenvalue weighted by Crippen LogP contribution is -2.27. The standard InChI is InChI=1S/C22H25N5O/c1-26(2)18-12-10-16(11-13-18)20(27(3)4)15-24-22-19(14-23)25-21(28-22)17-8-6-5-7-9-17/h5-13,20,24H,15H2,1-4H3. The van der Waals surface area contributed by atoms with Crippen LogP contribution < -0.4 is 10.2 Å². The van der Waals surface area contributed by atoms with Gasteiger partial charge in [0.15, 0.2) is 0 Å². The van der Waals surface area contributed by atoms with Crippen molar-refractivity contribution in [1.82, 2.24) is 9.88 Å². The third kappa shape index (κ3) is 4.33. The molecular formula is C22H25N5O. The molecule has 144 valence electrons. The molecule has 6 nitrogen and oxygen atoms in total. The van der Waals surface area contributed by atoms with Crippen LogP contribution in [0.5, 0.6) is 0 Å². The summed E-state index contributed by atoms with van der Waals surface area (Å²) in [5.41, 5.74) is 3.45. The predicted octanol–water partition coefficient (Wildman–Crippen LogP) is 3.99. The van der Waals surface area contributed by atoms with Crippen molar-refractivity contribution in [2.24, 2.45) is 0 Å². The number of hydrogen-bond acceptors (Lipinski definition) is 6. The van der Waals surface area contributed by atoms with Gasteiger partial charge in [-0.1, -0.05) is 30.3 Å². The number of benzene rings is 2. The summed E-state index contributed by atoms with van der Waals surface area (Å²) in [6, 6.07) is 20.3. The molecular weight excluding hydrogens is 350 g/mol. The van der Waals surface area contributed by atoms with E-state index in [1.807, 2.05) is 58.5 Å². The number of anilines is 2. The van der Waals surface area contributed by atoms with Crippen LogP contribution >= 0.6 is 0 Å². The van der Waals surface area contributed by atoms with Gasteiger partial charge in [0.05, 0.1) is 6.04 Å². The van der Waals surface area contributed by atoms with Crippen molar-refractivity contribution in [1.29, 1.82) is 5.26 Å². The summed E-state index contributed by atoms with van der Waals surface area (Å²) in [6.07, 6.45) is 0. The van der Waals surface area contributed by atoms with E-state index in [9.17, 15) is 5.26 Å². The Morgan fingerprint density at radius 1 is 1.04 bits per heavy atom. The molecule has 1 atom stereocenters. The van der Waals surface area contributed by atoms with Crippen molar-refractivity contribution in [3.63, 3.8) is 0 Å². The van der Waals surface area contributed by atoms with Gasteiger partial charge < -0.3 is 19.5 Å². The molecule has 28 heavy (non-hydrogen) atoms. The Bertz CT molecular complexity index is 939. The highest BCUT2D eigenvalue weighted by Crippen LogP contribution is 2.27. The van der Waals surface area contributed by atoms with Crippen LogP contribution in [-0.2, 0) is 0 Å². The molecule has 0 aliphatic carbocycles. The average molecular weight is 375 g/mol. The van der Waals surface area contributed by atoms with E-state index in [0.717, 1.165) is 11.3 Å². The van der Waals surface area contributed by atoms with Gasteiger partial charge in [0.25, 0.3) is 0 Å². The quantitative estimate of drug-likeness (QED) is 0.673. The van der Waals surface area contributed by atoms with Crippen molar-refractivity contribution in [3.05, 3.63) is 65.9 Å². The molecule has 0 bridgehead atoms. The lowest BCUT2D eigenvalue weighted by Gasteiger charge is -2.25. The van der Waals surface area contributed by atoms with Gasteiger partial charge in [0.1, 0.15) is 6.07 Å². The van der Waals surface area contributed by atoms with E-state index in [1.54, 1.807) is 0 Å². The third-order valence-electron chi connectivity index (χ3n) is 4.63. The van der Waals surface area contributed by atoms with Crippen LogP contribution in [0.1, 0.15) is 17.3 Å². The van der Waals surface area contributed by atoms with Gasteiger partial charge in [0.2, 0.25) is 17.5 Å². The molecule has 1 aromatic heterocycles. The first-order valence-corrected chi connectivity index (χ1v) is 9.13. The fraction of sp³-hybridized carbons (Fsp3) is 0.273. The molecule has 3 aromatic rings. The van der Waals surface area contributed by atoms with E-state index >= 15 is 0 Å². The number of oxazole rings is 1. The van der Waals surface area contributed by atoms with Gasteiger partial charge in [-0.2, -0.15) is 10.2 Å². The summed E-state index contributed by atoms with van der Waals surface area (Å²) in [5, 5.41) is 12.7. The van der Waals surface area contributed by atoms with Crippen molar-refractivity contribution >= 4 is 11.6 Å². The smallest absolute Gasteiger partial charge is 0.232 e. The molecule has 0 aliphatic heterocycles. The van der Waals surface area contributed by atoms with Crippen LogP contribution in [0.4, 0.5) is 11.6 Å². The predicted molar refractivity (Wildman–Crippen MR) is 112 cm³/mol. The largest absolute Gasteiger partial charge is 0.419 e. The van der Waals surface area contributed by atoms with Crippen molar-refractivity contribution in [3.8, 4) is 17.5 Å². The maximum Gasteiger partial charge on any atom is 0.232 e. The first-order valence-electron chi connectivity index (χ1n) is 9.13. The molecule has 6 heteroatoms. The summed E-state index contributed by atoms with van der Waals surface area (Å²) in [5.74, 6) is 0.842. The zero-order valence-corrected chi connectivity index (χ0v) is 16.7. The molecule has 1 N–H and O–H groups in total. The minimum atomic E-state index is 0.119. The van der Waals surface area contributed by atoms with Gasteiger partial charge >= 0.3 is 0 Å². The molecule has 0 fully saturated rings. The maximum atomic E-state index is 9.43. The van der Waals surface area contributed by atoms with Crippen LogP contribution in [0.25, 0.3) is 11.5 Å². The summed E-state index contributed by atoms with van der Waals surface area (Å²) in [4.78, 5) is 8.53.